The van der Waals surface area contributed by atoms with Crippen molar-refractivity contribution in [3.63, 3.8) is 0 Å². The number of benzene rings is 1. The number of rotatable bonds is 6. The van der Waals surface area contributed by atoms with Crippen molar-refractivity contribution in [1.29, 1.82) is 0 Å². The van der Waals surface area contributed by atoms with Crippen LogP contribution in [0.15, 0.2) is 24.3 Å². The Balaban J connectivity index is 1.52. The molecule has 2 aliphatic carbocycles. The monoisotopic (exact) mass is 259 g/mol. The maximum Gasteiger partial charge on any atom is 0.238 e. The maximum atomic E-state index is 12.1. The van der Waals surface area contributed by atoms with Crippen molar-refractivity contribution in [1.82, 2.24) is 4.90 Å². The molecule has 2 fully saturated rings. The molecule has 2 saturated carbocycles. The van der Waals surface area contributed by atoms with Crippen molar-refractivity contribution in [2.24, 2.45) is 5.92 Å². The largest absolute Gasteiger partial charge is 0.399 e. The topological polar surface area (TPSA) is 58.4 Å². The van der Waals surface area contributed by atoms with Crippen LogP contribution >= 0.6 is 0 Å². The number of amides is 1. The summed E-state index contributed by atoms with van der Waals surface area (Å²) in [5.41, 5.74) is 7.16. The Hall–Kier alpha value is -1.55. The second-order valence-corrected chi connectivity index (χ2v) is 5.77. The van der Waals surface area contributed by atoms with E-state index in [2.05, 4.69) is 10.2 Å². The summed E-state index contributed by atoms with van der Waals surface area (Å²) in [6.45, 7) is 1.62. The van der Waals surface area contributed by atoms with Crippen LogP contribution in [0.3, 0.4) is 0 Å². The van der Waals surface area contributed by atoms with Crippen LogP contribution < -0.4 is 11.1 Å². The van der Waals surface area contributed by atoms with E-state index in [9.17, 15) is 4.79 Å². The Bertz CT molecular complexity index is 449. The van der Waals surface area contributed by atoms with Gasteiger partial charge in [-0.25, -0.2) is 0 Å². The predicted molar refractivity (Wildman–Crippen MR) is 76.8 cm³/mol. The van der Waals surface area contributed by atoms with Crippen LogP contribution in [0.5, 0.6) is 0 Å². The summed E-state index contributed by atoms with van der Waals surface area (Å²) in [6.07, 6.45) is 5.18. The van der Waals surface area contributed by atoms with Crippen molar-refractivity contribution >= 4 is 17.3 Å². The Labute approximate surface area is 114 Å². The summed E-state index contributed by atoms with van der Waals surface area (Å²) < 4.78 is 0. The third-order valence-corrected chi connectivity index (χ3v) is 3.79. The summed E-state index contributed by atoms with van der Waals surface area (Å²) >= 11 is 0. The molecule has 102 valence electrons. The highest BCUT2D eigenvalue weighted by Crippen LogP contribution is 2.34. The lowest BCUT2D eigenvalue weighted by Crippen LogP contribution is -2.36. The molecule has 3 rings (SSSR count). The molecule has 1 amide bonds. The van der Waals surface area contributed by atoms with E-state index in [1.165, 1.54) is 25.7 Å². The van der Waals surface area contributed by atoms with Crippen LogP contribution in [0.25, 0.3) is 0 Å². The zero-order chi connectivity index (χ0) is 13.2. The van der Waals surface area contributed by atoms with Gasteiger partial charge in [0.25, 0.3) is 0 Å². The van der Waals surface area contributed by atoms with E-state index >= 15 is 0 Å². The first-order valence-corrected chi connectivity index (χ1v) is 7.10. The third kappa shape index (κ3) is 3.70. The van der Waals surface area contributed by atoms with E-state index in [1.54, 1.807) is 12.1 Å². The normalized spacial score (nSPS) is 18.6. The molecule has 4 nitrogen and oxygen atoms in total. The van der Waals surface area contributed by atoms with Gasteiger partial charge in [-0.3, -0.25) is 9.69 Å². The van der Waals surface area contributed by atoms with Crippen LogP contribution in [0.2, 0.25) is 0 Å². The van der Waals surface area contributed by atoms with Gasteiger partial charge in [0.2, 0.25) is 5.91 Å². The van der Waals surface area contributed by atoms with Crippen molar-refractivity contribution in [3.05, 3.63) is 24.3 Å². The first kappa shape index (κ1) is 12.5. The second-order valence-electron chi connectivity index (χ2n) is 5.77. The zero-order valence-electron chi connectivity index (χ0n) is 11.1. The lowest BCUT2D eigenvalue weighted by atomic mass is 10.3. The third-order valence-electron chi connectivity index (χ3n) is 3.79. The van der Waals surface area contributed by atoms with Crippen molar-refractivity contribution < 1.29 is 4.79 Å². The van der Waals surface area contributed by atoms with E-state index in [4.69, 9.17) is 5.73 Å². The minimum Gasteiger partial charge on any atom is -0.399 e. The lowest BCUT2D eigenvalue weighted by molar-refractivity contribution is -0.117. The van der Waals surface area contributed by atoms with E-state index in [0.29, 0.717) is 18.3 Å². The molecule has 0 spiro atoms. The van der Waals surface area contributed by atoms with Gasteiger partial charge in [-0.2, -0.15) is 0 Å². The predicted octanol–water partition coefficient (Wildman–Crippen LogP) is 2.08. The number of anilines is 2. The molecule has 0 aliphatic heterocycles. The summed E-state index contributed by atoms with van der Waals surface area (Å²) in [6, 6.07) is 7.94. The van der Waals surface area contributed by atoms with Crippen LogP contribution in [0, 0.1) is 5.92 Å². The molecule has 0 heterocycles. The van der Waals surface area contributed by atoms with Crippen LogP contribution in [0.4, 0.5) is 11.4 Å². The first-order chi connectivity index (χ1) is 9.20. The van der Waals surface area contributed by atoms with Crippen LogP contribution in [-0.2, 0) is 4.79 Å². The lowest BCUT2D eigenvalue weighted by Gasteiger charge is -2.21. The summed E-state index contributed by atoms with van der Waals surface area (Å²) in [5, 5.41) is 2.94. The fraction of sp³-hybridized carbons (Fsp3) is 0.533. The van der Waals surface area contributed by atoms with Gasteiger partial charge < -0.3 is 11.1 Å². The highest BCUT2D eigenvalue weighted by molar-refractivity contribution is 5.92. The van der Waals surface area contributed by atoms with E-state index in [0.717, 1.165) is 18.2 Å². The quantitative estimate of drug-likeness (QED) is 0.769. The number of nitrogens with zero attached hydrogens (tertiary/aromatic N) is 1. The molecule has 0 radical (unpaired) electrons. The van der Waals surface area contributed by atoms with Gasteiger partial charge in [0.05, 0.1) is 6.54 Å². The molecular weight excluding hydrogens is 238 g/mol. The molecule has 2 aliphatic rings. The van der Waals surface area contributed by atoms with Gasteiger partial charge in [-0.05, 0) is 55.9 Å². The number of nitrogens with two attached hydrogens (primary N) is 1. The van der Waals surface area contributed by atoms with E-state index in [1.807, 2.05) is 12.1 Å². The SMILES string of the molecule is Nc1ccc(NC(=O)CN(CC2CC2)C2CC2)cc1. The van der Waals surface area contributed by atoms with E-state index < -0.39 is 0 Å². The molecule has 19 heavy (non-hydrogen) atoms. The van der Waals surface area contributed by atoms with Gasteiger partial charge >= 0.3 is 0 Å². The Kier molecular flexibility index (Phi) is 3.42. The standard InChI is InChI=1S/C15H21N3O/c16-12-3-5-13(6-4-12)17-15(19)10-18(14-7-8-14)9-11-1-2-11/h3-6,11,14H,1-2,7-10,16H2,(H,17,19). The molecule has 1 aromatic rings. The summed E-state index contributed by atoms with van der Waals surface area (Å²) in [7, 11) is 0. The van der Waals surface area contributed by atoms with Crippen molar-refractivity contribution in [2.45, 2.75) is 31.7 Å². The number of nitrogens with one attached hydrogen (secondary N) is 1. The Morgan fingerprint density at radius 3 is 2.47 bits per heavy atom. The molecule has 4 heteroatoms. The second kappa shape index (κ2) is 5.21. The van der Waals surface area contributed by atoms with Crippen LogP contribution in [-0.4, -0.2) is 29.9 Å². The smallest absolute Gasteiger partial charge is 0.238 e. The van der Waals surface area contributed by atoms with E-state index in [-0.39, 0.29) is 5.91 Å². The minimum absolute atomic E-state index is 0.0809. The fourth-order valence-electron chi connectivity index (χ4n) is 2.37. The van der Waals surface area contributed by atoms with Gasteiger partial charge in [-0.15, -0.1) is 0 Å². The molecule has 3 N–H and O–H groups in total. The average molecular weight is 259 g/mol. The number of carbonyl (C=O) groups excluding carboxylic acids is 1. The van der Waals surface area contributed by atoms with Gasteiger partial charge in [0.1, 0.15) is 0 Å². The van der Waals surface area contributed by atoms with Crippen LogP contribution in [0.1, 0.15) is 25.7 Å². The summed E-state index contributed by atoms with van der Waals surface area (Å²) in [5.74, 6) is 0.919. The number of nitrogen functional groups attached to an aromatic ring is 1. The molecule has 0 saturated heterocycles. The molecule has 0 bridgehead atoms. The molecule has 0 aromatic heterocycles. The first-order valence-electron chi connectivity index (χ1n) is 7.10. The van der Waals surface area contributed by atoms with Gasteiger partial charge in [-0.1, -0.05) is 0 Å². The van der Waals surface area contributed by atoms with Crippen molar-refractivity contribution in [2.75, 3.05) is 24.1 Å². The van der Waals surface area contributed by atoms with Crippen molar-refractivity contribution in [3.8, 4) is 0 Å². The minimum atomic E-state index is 0.0809. The van der Waals surface area contributed by atoms with Gasteiger partial charge in [0, 0.05) is 24.0 Å². The molecular formula is C15H21N3O. The molecule has 0 unspecified atom stereocenters. The Morgan fingerprint density at radius 1 is 1.21 bits per heavy atom. The molecule has 0 atom stereocenters. The molecule has 1 aromatic carbocycles. The maximum absolute atomic E-state index is 12.1. The highest BCUT2D eigenvalue weighted by atomic mass is 16.2. The number of hydrogen-bond acceptors (Lipinski definition) is 3. The van der Waals surface area contributed by atoms with Gasteiger partial charge in [0.15, 0.2) is 0 Å². The average Bonchev–Trinajstić information content (AvgIpc) is 3.25. The summed E-state index contributed by atoms with van der Waals surface area (Å²) in [4.78, 5) is 14.4. The number of hydrogen-bond donors (Lipinski definition) is 2. The Morgan fingerprint density at radius 2 is 1.89 bits per heavy atom. The number of carbonyl (C=O) groups is 1. The zero-order valence-corrected chi connectivity index (χ0v) is 11.1. The highest BCUT2D eigenvalue weighted by Gasteiger charge is 2.34. The fourth-order valence-corrected chi connectivity index (χ4v) is 2.37.